The Morgan fingerprint density at radius 1 is 0.389 bits per heavy atom. The molecule has 0 unspecified atom stereocenters. The van der Waals surface area contributed by atoms with E-state index in [0.29, 0.717) is 0 Å². The highest BCUT2D eigenvalue weighted by Crippen LogP contribution is 2.13. The lowest BCUT2D eigenvalue weighted by Gasteiger charge is -2.41. The van der Waals surface area contributed by atoms with Crippen LogP contribution >= 0.6 is 0 Å². The van der Waals surface area contributed by atoms with Crippen molar-refractivity contribution in [2.45, 2.75) is 27.7 Å². The van der Waals surface area contributed by atoms with Gasteiger partial charge in [-0.05, 0) is 27.7 Å². The lowest BCUT2D eigenvalue weighted by molar-refractivity contribution is 1.46. The second-order valence-electron chi connectivity index (χ2n) is 9.87. The van der Waals surface area contributed by atoms with Crippen LogP contribution in [-0.4, -0.2) is 13.1 Å². The Kier molecular flexibility index (Phi) is 8.50. The summed E-state index contributed by atoms with van der Waals surface area (Å²) in [4.78, 5) is 0. The Morgan fingerprint density at radius 2 is 0.694 bits per heavy atom. The van der Waals surface area contributed by atoms with Crippen molar-refractivity contribution in [3.8, 4) is 0 Å². The van der Waals surface area contributed by atoms with E-state index in [1.54, 1.807) is 0 Å². The Hall–Kier alpha value is -3.50. The van der Waals surface area contributed by atoms with E-state index in [9.17, 15) is 0 Å². The molecule has 0 saturated carbocycles. The van der Waals surface area contributed by atoms with Crippen LogP contribution in [-0.2, 0) is 0 Å². The fraction of sp³-hybridized carbons (Fsp3) is 0.114. The lowest BCUT2D eigenvalue weighted by Crippen LogP contribution is -2.75. The van der Waals surface area contributed by atoms with Gasteiger partial charge in [0.2, 0.25) is 0 Å². The third kappa shape index (κ3) is 5.83. The van der Waals surface area contributed by atoms with E-state index in [0.717, 1.165) is 0 Å². The summed E-state index contributed by atoms with van der Waals surface area (Å²) >= 11 is -2.84. The van der Waals surface area contributed by atoms with Gasteiger partial charge in [-0.2, -0.15) is 0 Å². The fourth-order valence-electron chi connectivity index (χ4n) is 5.36. The summed E-state index contributed by atoms with van der Waals surface area (Å²) in [5.74, 6) is 0. The second-order valence-corrected chi connectivity index (χ2v) is 14.3. The molecule has 178 valence electrons. The van der Waals surface area contributed by atoms with Gasteiger partial charge < -0.3 is 0 Å². The van der Waals surface area contributed by atoms with Crippen LogP contribution in [0.2, 0.25) is 0 Å². The van der Waals surface area contributed by atoms with Crippen molar-refractivity contribution < 1.29 is 0 Å². The monoisotopic (exact) mass is 482 g/mol. The van der Waals surface area contributed by atoms with Crippen molar-refractivity contribution in [1.82, 2.24) is 0 Å². The quantitative estimate of drug-likeness (QED) is 0.209. The first-order valence-corrected chi connectivity index (χ1v) is 15.1. The molecule has 1 heteroatoms. The summed E-state index contributed by atoms with van der Waals surface area (Å²) in [5, 5.41) is 0. The summed E-state index contributed by atoms with van der Waals surface area (Å²) in [6.45, 7) is 8.82. The molecule has 0 fully saturated rings. The minimum atomic E-state index is -2.84. The van der Waals surface area contributed by atoms with Crippen molar-refractivity contribution in [2.75, 3.05) is 0 Å². The molecule has 0 aliphatic carbocycles. The van der Waals surface area contributed by atoms with E-state index in [4.69, 9.17) is 0 Å². The third-order valence-electron chi connectivity index (χ3n) is 6.95. The van der Waals surface area contributed by atoms with Gasteiger partial charge in [-0.25, -0.2) is 17.7 Å². The molecule has 0 bridgehead atoms. The molecule has 0 nitrogen and oxygen atoms in total. The standard InChI is InChI=1S/5C7H7.Al/c4*1-7-5-3-2-4-6-7;1-2-4-6-7-5-3-1;/h4*2-3,5-6H,1H3;1-7H;/q;;;;+1;-1. The molecule has 0 saturated heterocycles. The third-order valence-corrected chi connectivity index (χ3v) is 12.4. The first-order chi connectivity index (χ1) is 17.5. The summed E-state index contributed by atoms with van der Waals surface area (Å²) in [7, 11) is 0. The maximum Gasteiger partial charge on any atom is 0.267 e. The smallest absolute Gasteiger partial charge is 0.218 e. The van der Waals surface area contributed by atoms with E-state index in [2.05, 4.69) is 125 Å². The van der Waals surface area contributed by atoms with E-state index in [-0.39, 0.29) is 0 Å². The molecule has 0 aliphatic heterocycles. The normalized spacial score (nSPS) is 10.8. The van der Waals surface area contributed by atoms with E-state index in [1.165, 1.54) is 40.0 Å². The molecular weight excluding hydrogens is 447 g/mol. The molecule has 0 atom stereocenters. The summed E-state index contributed by atoms with van der Waals surface area (Å²) in [6, 6.07) is 50.8. The molecule has 5 aromatic carbocycles. The lowest BCUT2D eigenvalue weighted by atomic mass is 10.2. The highest BCUT2D eigenvalue weighted by atomic mass is 27.2. The Labute approximate surface area is 219 Å². The van der Waals surface area contributed by atoms with Crippen LogP contribution in [0.25, 0.3) is 0 Å². The zero-order valence-electron chi connectivity index (χ0n) is 21.9. The number of hydrogen-bond acceptors (Lipinski definition) is 0. The first-order valence-electron chi connectivity index (χ1n) is 12.8. The van der Waals surface area contributed by atoms with Crippen molar-refractivity contribution >= 4 is 30.8 Å². The number of hydrogen-bond donors (Lipinski definition) is 0. The Balaban J connectivity index is 0.000000375. The van der Waals surface area contributed by atoms with E-state index < -0.39 is 13.1 Å². The SMILES string of the molecule is Cc1ccc[c]([Al-]([c]2cccc(C)c2)([c]2cccc(C)c2)[c]2cccc(C)c2)c1.c1ccc[cH+]cc1. The van der Waals surface area contributed by atoms with Crippen LogP contribution in [0.3, 0.4) is 0 Å². The van der Waals surface area contributed by atoms with Crippen LogP contribution in [0.15, 0.2) is 140 Å². The van der Waals surface area contributed by atoms with Gasteiger partial charge in [-0.15, -0.1) is 48.5 Å². The Morgan fingerprint density at radius 3 is 0.972 bits per heavy atom. The van der Waals surface area contributed by atoms with Gasteiger partial charge in [0.05, 0.1) is 0 Å². The second kappa shape index (κ2) is 12.0. The maximum atomic E-state index is 2.41. The minimum Gasteiger partial charge on any atom is -0.218 e. The summed E-state index contributed by atoms with van der Waals surface area (Å²) in [5.41, 5.74) is 5.28. The Bertz CT molecular complexity index is 1200. The largest absolute Gasteiger partial charge is 0.267 e. The molecule has 0 aliphatic rings. The predicted molar refractivity (Wildman–Crippen MR) is 160 cm³/mol. The fourth-order valence-corrected chi connectivity index (χ4v) is 11.3. The predicted octanol–water partition coefficient (Wildman–Crippen LogP) is 6.27. The molecule has 5 aromatic rings. The van der Waals surface area contributed by atoms with Gasteiger partial charge in [-0.3, -0.25) is 0 Å². The average Bonchev–Trinajstić information content (AvgIpc) is 3.19. The summed E-state index contributed by atoms with van der Waals surface area (Å²) < 4.78 is 5.89. The van der Waals surface area contributed by atoms with Crippen LogP contribution < -0.4 is 17.7 Å². The van der Waals surface area contributed by atoms with Gasteiger partial charge in [0.15, 0.2) is 0 Å². The highest BCUT2D eigenvalue weighted by Gasteiger charge is 2.36. The molecule has 0 radical (unpaired) electrons. The molecule has 0 aromatic heterocycles. The first kappa shape index (κ1) is 25.6. The molecule has 0 amide bonds. The summed E-state index contributed by atoms with van der Waals surface area (Å²) in [6.07, 6.45) is 0. The molecule has 5 rings (SSSR count). The van der Waals surface area contributed by atoms with Gasteiger partial charge in [0.1, 0.15) is 0 Å². The number of aryl methyl sites for hydroxylation is 4. The molecule has 0 N–H and O–H groups in total. The van der Waals surface area contributed by atoms with Crippen LogP contribution in [0.4, 0.5) is 0 Å². The average molecular weight is 483 g/mol. The van der Waals surface area contributed by atoms with Crippen molar-refractivity contribution in [3.63, 3.8) is 0 Å². The molecule has 0 heterocycles. The molecule has 36 heavy (non-hydrogen) atoms. The van der Waals surface area contributed by atoms with Crippen LogP contribution in [0.1, 0.15) is 22.3 Å². The van der Waals surface area contributed by atoms with Crippen molar-refractivity contribution in [3.05, 3.63) is 162 Å². The number of benzene rings is 4. The van der Waals surface area contributed by atoms with Crippen molar-refractivity contribution in [1.29, 1.82) is 0 Å². The van der Waals surface area contributed by atoms with E-state index in [1.807, 2.05) is 42.5 Å². The zero-order chi connectivity index (χ0) is 25.4. The van der Waals surface area contributed by atoms with Crippen LogP contribution in [0, 0.1) is 27.7 Å². The van der Waals surface area contributed by atoms with Crippen molar-refractivity contribution in [2.24, 2.45) is 0 Å². The zero-order valence-corrected chi connectivity index (χ0v) is 23.0. The van der Waals surface area contributed by atoms with E-state index >= 15 is 0 Å². The van der Waals surface area contributed by atoms with Crippen LogP contribution in [0.5, 0.6) is 0 Å². The maximum absolute atomic E-state index is 2.84. The molecule has 0 spiro atoms. The van der Waals surface area contributed by atoms with Gasteiger partial charge in [0.25, 0.3) is 13.1 Å². The number of rotatable bonds is 4. The van der Waals surface area contributed by atoms with Gasteiger partial charge in [-0.1, -0.05) is 70.8 Å². The minimum absolute atomic E-state index is 1.32. The topological polar surface area (TPSA) is 0 Å². The van der Waals surface area contributed by atoms with Gasteiger partial charge >= 0.3 is 0 Å². The highest BCUT2D eigenvalue weighted by molar-refractivity contribution is 7.19. The van der Waals surface area contributed by atoms with Gasteiger partial charge in [0, 0.05) is 42.5 Å². The molecular formula is C35H35Al.